The van der Waals surface area contributed by atoms with Gasteiger partial charge in [-0.25, -0.2) is 4.79 Å². The first-order chi connectivity index (χ1) is 15.5. The maximum absolute atomic E-state index is 12.2. The van der Waals surface area contributed by atoms with Gasteiger partial charge in [0.05, 0.1) is 20.0 Å². The number of benzene rings is 1. The van der Waals surface area contributed by atoms with Crippen molar-refractivity contribution in [2.45, 2.75) is 37.9 Å². The van der Waals surface area contributed by atoms with Crippen molar-refractivity contribution in [1.29, 1.82) is 0 Å². The molecule has 0 aliphatic heterocycles. The molecule has 1 aromatic carbocycles. The zero-order valence-corrected chi connectivity index (χ0v) is 19.8. The van der Waals surface area contributed by atoms with E-state index in [0.717, 1.165) is 24.8 Å². The normalized spacial score (nSPS) is 10.6. The van der Waals surface area contributed by atoms with Gasteiger partial charge in [-0.1, -0.05) is 25.1 Å². The fourth-order valence-corrected chi connectivity index (χ4v) is 3.63. The molecule has 32 heavy (non-hydrogen) atoms. The minimum Gasteiger partial charge on any atom is -0.493 e. The van der Waals surface area contributed by atoms with Gasteiger partial charge < -0.3 is 24.1 Å². The number of ether oxygens (including phenoxy) is 3. The molecule has 0 unspecified atom stereocenters. The predicted molar refractivity (Wildman–Crippen MR) is 122 cm³/mol. The fourth-order valence-electron chi connectivity index (χ4n) is 2.87. The van der Waals surface area contributed by atoms with Crippen LogP contribution in [0.2, 0.25) is 0 Å². The number of methoxy groups -OCH3 is 3. The number of thioether (sulfide) groups is 1. The molecule has 0 aliphatic carbocycles. The average Bonchev–Trinajstić information content (AvgIpc) is 3.20. The first-order valence-corrected chi connectivity index (χ1v) is 11.4. The Hall–Kier alpha value is -2.79. The number of aromatic nitrogens is 3. The van der Waals surface area contributed by atoms with Gasteiger partial charge in [0.25, 0.3) is 0 Å². The molecular formula is C21H31N5O5S. The zero-order chi connectivity index (χ0) is 23.3. The maximum atomic E-state index is 12.2. The zero-order valence-electron chi connectivity index (χ0n) is 19.0. The molecule has 10 nitrogen and oxygen atoms in total. The quantitative estimate of drug-likeness (QED) is 0.343. The third-order valence-electron chi connectivity index (χ3n) is 4.49. The van der Waals surface area contributed by atoms with Gasteiger partial charge in [0.1, 0.15) is 0 Å². The monoisotopic (exact) mass is 465 g/mol. The largest absolute Gasteiger partial charge is 0.493 e. The summed E-state index contributed by atoms with van der Waals surface area (Å²) in [4.78, 5) is 23.9. The topological polar surface area (TPSA) is 117 Å². The van der Waals surface area contributed by atoms with E-state index in [1.807, 2.05) is 23.6 Å². The van der Waals surface area contributed by atoms with E-state index < -0.39 is 11.9 Å². The summed E-state index contributed by atoms with van der Waals surface area (Å²) in [5, 5.41) is 14.2. The summed E-state index contributed by atoms with van der Waals surface area (Å²) in [6.45, 7) is 3.74. The molecule has 1 heterocycles. The summed E-state index contributed by atoms with van der Waals surface area (Å²) >= 11 is 1.22. The minimum atomic E-state index is -0.489. The van der Waals surface area contributed by atoms with Gasteiger partial charge in [-0.2, -0.15) is 0 Å². The lowest BCUT2D eigenvalue weighted by Crippen LogP contribution is -2.40. The van der Waals surface area contributed by atoms with Crippen molar-refractivity contribution >= 4 is 23.7 Å². The Labute approximate surface area is 192 Å². The van der Waals surface area contributed by atoms with Crippen molar-refractivity contribution in [1.82, 2.24) is 25.4 Å². The summed E-state index contributed by atoms with van der Waals surface area (Å²) in [5.41, 5.74) is 0.805. The van der Waals surface area contributed by atoms with E-state index in [0.29, 0.717) is 42.2 Å². The third kappa shape index (κ3) is 7.41. The molecule has 2 aromatic rings. The van der Waals surface area contributed by atoms with Crippen LogP contribution in [-0.4, -0.2) is 66.9 Å². The van der Waals surface area contributed by atoms with Crippen LogP contribution in [0.3, 0.4) is 0 Å². The summed E-state index contributed by atoms with van der Waals surface area (Å²) in [5.74, 6) is 1.48. The molecule has 0 radical (unpaired) electrons. The molecule has 0 atom stereocenters. The summed E-state index contributed by atoms with van der Waals surface area (Å²) in [6, 6.07) is 5.02. The Morgan fingerprint density at radius 2 is 1.88 bits per heavy atom. The second kappa shape index (κ2) is 13.6. The highest BCUT2D eigenvalue weighted by molar-refractivity contribution is 7.99. The van der Waals surface area contributed by atoms with Crippen molar-refractivity contribution in [2.75, 3.05) is 40.2 Å². The van der Waals surface area contributed by atoms with Crippen LogP contribution >= 0.6 is 11.8 Å². The smallest absolute Gasteiger partial charge is 0.321 e. The number of unbranched alkanes of at least 4 members (excludes halogenated alkanes) is 1. The Morgan fingerprint density at radius 3 is 2.56 bits per heavy atom. The van der Waals surface area contributed by atoms with Crippen LogP contribution < -0.4 is 20.1 Å². The number of imide groups is 1. The van der Waals surface area contributed by atoms with Crippen LogP contribution in [0.5, 0.6) is 11.5 Å². The fraction of sp³-hybridized carbons (Fsp3) is 0.524. The SMILES string of the molecule is CCCCNC(=O)NC(=O)CSc1nnc(-c2ccc(OC)c(OC)c2)n1CCCOC. The van der Waals surface area contributed by atoms with E-state index in [1.54, 1.807) is 27.4 Å². The molecule has 0 saturated carbocycles. The Kier molecular flexibility index (Phi) is 10.8. The molecule has 2 N–H and O–H groups in total. The first-order valence-electron chi connectivity index (χ1n) is 10.4. The predicted octanol–water partition coefficient (Wildman–Crippen LogP) is 2.72. The molecule has 11 heteroatoms. The lowest BCUT2D eigenvalue weighted by Gasteiger charge is -2.12. The van der Waals surface area contributed by atoms with Crippen molar-refractivity contribution < 1.29 is 23.8 Å². The van der Waals surface area contributed by atoms with E-state index in [-0.39, 0.29) is 5.75 Å². The standard InChI is InChI=1S/C21H31N5O5S/c1-5-6-10-22-20(28)23-18(27)14-32-21-25-24-19(26(21)11-7-12-29-2)15-8-9-16(30-3)17(13-15)31-4/h8-9,13H,5-7,10-12,14H2,1-4H3,(H2,22,23,27,28). The van der Waals surface area contributed by atoms with Gasteiger partial charge in [-0.3, -0.25) is 10.1 Å². The van der Waals surface area contributed by atoms with Crippen LogP contribution in [0.4, 0.5) is 4.79 Å². The van der Waals surface area contributed by atoms with Gasteiger partial charge in [0.2, 0.25) is 5.91 Å². The summed E-state index contributed by atoms with van der Waals surface area (Å²) in [7, 11) is 4.80. The van der Waals surface area contributed by atoms with Crippen LogP contribution in [0.25, 0.3) is 11.4 Å². The first kappa shape index (κ1) is 25.5. The molecule has 0 saturated heterocycles. The number of rotatable bonds is 13. The lowest BCUT2D eigenvalue weighted by atomic mass is 10.2. The minimum absolute atomic E-state index is 0.0372. The molecule has 3 amide bonds. The number of carbonyl (C=O) groups is 2. The van der Waals surface area contributed by atoms with E-state index in [9.17, 15) is 9.59 Å². The van der Waals surface area contributed by atoms with E-state index in [2.05, 4.69) is 20.8 Å². The molecule has 176 valence electrons. The van der Waals surface area contributed by atoms with E-state index in [4.69, 9.17) is 14.2 Å². The van der Waals surface area contributed by atoms with Crippen LogP contribution in [0.15, 0.2) is 23.4 Å². The highest BCUT2D eigenvalue weighted by atomic mass is 32.2. The Balaban J connectivity index is 2.13. The van der Waals surface area contributed by atoms with Crippen molar-refractivity contribution in [3.63, 3.8) is 0 Å². The molecule has 0 aliphatic rings. The number of hydrogen-bond acceptors (Lipinski definition) is 8. The second-order valence-corrected chi connectivity index (χ2v) is 7.76. The second-order valence-electron chi connectivity index (χ2n) is 6.82. The number of hydrogen-bond donors (Lipinski definition) is 2. The summed E-state index contributed by atoms with van der Waals surface area (Å²) in [6.07, 6.45) is 2.57. The molecular weight excluding hydrogens is 434 g/mol. The van der Waals surface area contributed by atoms with Gasteiger partial charge >= 0.3 is 6.03 Å². The van der Waals surface area contributed by atoms with Crippen LogP contribution in [0, 0.1) is 0 Å². The van der Waals surface area contributed by atoms with Gasteiger partial charge in [0, 0.05) is 32.4 Å². The summed E-state index contributed by atoms with van der Waals surface area (Å²) < 4.78 is 17.8. The van der Waals surface area contributed by atoms with E-state index >= 15 is 0 Å². The maximum Gasteiger partial charge on any atom is 0.321 e. The highest BCUT2D eigenvalue weighted by Gasteiger charge is 2.18. The number of carbonyl (C=O) groups excluding carboxylic acids is 2. The Bertz CT molecular complexity index is 889. The van der Waals surface area contributed by atoms with Crippen molar-refractivity contribution in [3.8, 4) is 22.9 Å². The third-order valence-corrected chi connectivity index (χ3v) is 5.46. The van der Waals surface area contributed by atoms with Crippen molar-refractivity contribution in [2.24, 2.45) is 0 Å². The molecule has 2 rings (SSSR count). The molecule has 0 bridgehead atoms. The van der Waals surface area contributed by atoms with Gasteiger partial charge in [-0.05, 0) is 31.0 Å². The highest BCUT2D eigenvalue weighted by Crippen LogP contribution is 2.33. The van der Waals surface area contributed by atoms with Gasteiger partial charge in [0.15, 0.2) is 22.5 Å². The number of nitrogens with one attached hydrogen (secondary N) is 2. The molecule has 1 aromatic heterocycles. The van der Waals surface area contributed by atoms with Crippen LogP contribution in [0.1, 0.15) is 26.2 Å². The van der Waals surface area contributed by atoms with Gasteiger partial charge in [-0.15, -0.1) is 10.2 Å². The average molecular weight is 466 g/mol. The number of nitrogens with zero attached hydrogens (tertiary/aromatic N) is 3. The molecule has 0 fully saturated rings. The number of urea groups is 1. The van der Waals surface area contributed by atoms with Crippen molar-refractivity contribution in [3.05, 3.63) is 18.2 Å². The Morgan fingerprint density at radius 1 is 1.09 bits per heavy atom. The molecule has 0 spiro atoms. The van der Waals surface area contributed by atoms with E-state index in [1.165, 1.54) is 11.8 Å². The van der Waals surface area contributed by atoms with Crippen LogP contribution in [-0.2, 0) is 16.1 Å². The number of amides is 3. The lowest BCUT2D eigenvalue weighted by molar-refractivity contribution is -0.117.